The maximum absolute atomic E-state index is 14.1. The lowest BCUT2D eigenvalue weighted by molar-refractivity contribution is -0.140. The van der Waals surface area contributed by atoms with Gasteiger partial charge in [0.25, 0.3) is 10.0 Å². The van der Waals surface area contributed by atoms with Gasteiger partial charge < -0.3 is 10.2 Å². The van der Waals surface area contributed by atoms with Crippen LogP contribution in [0.4, 0.5) is 5.69 Å². The van der Waals surface area contributed by atoms with Gasteiger partial charge in [0.2, 0.25) is 11.8 Å². The number of halogens is 2. The first kappa shape index (κ1) is 31.5. The third-order valence-electron chi connectivity index (χ3n) is 6.39. The highest BCUT2D eigenvalue weighted by Crippen LogP contribution is 2.30. The minimum Gasteiger partial charge on any atom is -0.354 e. The van der Waals surface area contributed by atoms with Gasteiger partial charge in [0.05, 0.1) is 10.6 Å². The van der Waals surface area contributed by atoms with Crippen LogP contribution in [0.3, 0.4) is 0 Å². The second-order valence-electron chi connectivity index (χ2n) is 9.68. The van der Waals surface area contributed by atoms with Crippen molar-refractivity contribution in [3.05, 3.63) is 93.5 Å². The van der Waals surface area contributed by atoms with E-state index in [1.165, 1.54) is 35.2 Å². The van der Waals surface area contributed by atoms with Gasteiger partial charge in [-0.1, -0.05) is 84.6 Å². The van der Waals surface area contributed by atoms with E-state index in [-0.39, 0.29) is 33.1 Å². The second kappa shape index (κ2) is 14.0. The van der Waals surface area contributed by atoms with Crippen LogP contribution >= 0.6 is 23.2 Å². The molecule has 40 heavy (non-hydrogen) atoms. The summed E-state index contributed by atoms with van der Waals surface area (Å²) < 4.78 is 28.9. The third kappa shape index (κ3) is 7.99. The first-order valence-corrected chi connectivity index (χ1v) is 15.3. The number of amides is 2. The van der Waals surface area contributed by atoms with Gasteiger partial charge in [0.15, 0.2) is 0 Å². The molecule has 0 fully saturated rings. The molecule has 0 saturated heterocycles. The van der Waals surface area contributed by atoms with Crippen molar-refractivity contribution < 1.29 is 18.0 Å². The van der Waals surface area contributed by atoms with Gasteiger partial charge in [0, 0.05) is 23.1 Å². The average Bonchev–Trinajstić information content (AvgIpc) is 2.89. The van der Waals surface area contributed by atoms with Crippen molar-refractivity contribution in [3.63, 3.8) is 0 Å². The Balaban J connectivity index is 2.09. The van der Waals surface area contributed by atoms with Gasteiger partial charge in [-0.25, -0.2) is 8.42 Å². The Morgan fingerprint density at radius 2 is 1.55 bits per heavy atom. The molecule has 3 aromatic carbocycles. The number of carbonyl (C=O) groups excluding carboxylic acids is 2. The number of nitrogens with zero attached hydrogens (tertiary/aromatic N) is 2. The van der Waals surface area contributed by atoms with E-state index < -0.39 is 28.5 Å². The molecular formula is C30H35Cl2N3O4S. The summed E-state index contributed by atoms with van der Waals surface area (Å²) in [5.41, 5.74) is 2.87. The Hall–Kier alpha value is -3.07. The SMILES string of the molecule is CCCNC(=O)[C@H](CC)N(Cc1cccc(C)c1)C(=O)CN(c1cc(Cl)cc(Cl)c1)S(=O)(=O)c1ccc(C)cc1. The average molecular weight is 605 g/mol. The molecule has 0 spiro atoms. The molecule has 3 rings (SSSR count). The monoisotopic (exact) mass is 603 g/mol. The van der Waals surface area contributed by atoms with Gasteiger partial charge in [-0.05, 0) is 62.6 Å². The van der Waals surface area contributed by atoms with Crippen molar-refractivity contribution in [3.8, 4) is 0 Å². The topological polar surface area (TPSA) is 86.8 Å². The summed E-state index contributed by atoms with van der Waals surface area (Å²) in [4.78, 5) is 28.7. The van der Waals surface area contributed by atoms with Crippen LogP contribution in [0, 0.1) is 13.8 Å². The third-order valence-corrected chi connectivity index (χ3v) is 8.62. The van der Waals surface area contributed by atoms with Crippen LogP contribution in [0.2, 0.25) is 10.0 Å². The number of rotatable bonds is 12. The molecule has 2 amide bonds. The van der Waals surface area contributed by atoms with Crippen LogP contribution in [0.15, 0.2) is 71.6 Å². The van der Waals surface area contributed by atoms with E-state index in [9.17, 15) is 18.0 Å². The number of anilines is 1. The van der Waals surface area contributed by atoms with Crippen molar-refractivity contribution in [1.29, 1.82) is 0 Å². The molecule has 214 valence electrons. The molecule has 0 saturated carbocycles. The zero-order valence-corrected chi connectivity index (χ0v) is 25.5. The standard InChI is InChI=1S/C30H35Cl2N3O4S/c1-5-14-33-30(37)28(6-2)34(19-23-9-7-8-22(4)15-23)29(36)20-35(26-17-24(31)16-25(32)18-26)40(38,39)27-12-10-21(3)11-13-27/h7-13,15-18,28H,5-6,14,19-20H2,1-4H3,(H,33,37)/t28-/m0/s1. The summed E-state index contributed by atoms with van der Waals surface area (Å²) in [7, 11) is -4.21. The second-order valence-corrected chi connectivity index (χ2v) is 12.4. The molecule has 0 radical (unpaired) electrons. The highest BCUT2D eigenvalue weighted by molar-refractivity contribution is 7.92. The van der Waals surface area contributed by atoms with Gasteiger partial charge in [-0.15, -0.1) is 0 Å². The zero-order valence-electron chi connectivity index (χ0n) is 23.2. The van der Waals surface area contributed by atoms with E-state index in [1.54, 1.807) is 12.1 Å². The molecular weight excluding hydrogens is 569 g/mol. The summed E-state index contributed by atoms with van der Waals surface area (Å²) in [6.07, 6.45) is 1.09. The molecule has 0 aliphatic heterocycles. The summed E-state index contributed by atoms with van der Waals surface area (Å²) in [5, 5.41) is 3.32. The van der Waals surface area contributed by atoms with Crippen molar-refractivity contribution in [2.75, 3.05) is 17.4 Å². The molecule has 0 aromatic heterocycles. The van der Waals surface area contributed by atoms with E-state index in [0.717, 1.165) is 27.4 Å². The number of nitrogens with one attached hydrogen (secondary N) is 1. The fourth-order valence-electron chi connectivity index (χ4n) is 4.34. The molecule has 0 heterocycles. The highest BCUT2D eigenvalue weighted by Gasteiger charge is 2.33. The quantitative estimate of drug-likeness (QED) is 0.269. The maximum Gasteiger partial charge on any atom is 0.264 e. The number of hydrogen-bond acceptors (Lipinski definition) is 4. The van der Waals surface area contributed by atoms with Crippen LogP contribution in [-0.2, 0) is 26.2 Å². The van der Waals surface area contributed by atoms with Crippen molar-refractivity contribution in [2.24, 2.45) is 0 Å². The Kier molecular flexibility index (Phi) is 11.0. The minimum atomic E-state index is -4.21. The lowest BCUT2D eigenvalue weighted by Crippen LogP contribution is -2.52. The summed E-state index contributed by atoms with van der Waals surface area (Å²) in [6, 6.07) is 17.6. The van der Waals surface area contributed by atoms with Crippen LogP contribution in [0.25, 0.3) is 0 Å². The highest BCUT2D eigenvalue weighted by atomic mass is 35.5. The minimum absolute atomic E-state index is 0.0139. The van der Waals surface area contributed by atoms with Gasteiger partial charge in [-0.3, -0.25) is 13.9 Å². The fraction of sp³-hybridized carbons (Fsp3) is 0.333. The van der Waals surface area contributed by atoms with Crippen LogP contribution in [0.5, 0.6) is 0 Å². The number of hydrogen-bond donors (Lipinski definition) is 1. The molecule has 0 aliphatic carbocycles. The summed E-state index contributed by atoms with van der Waals surface area (Å²) in [5.74, 6) is -0.823. The summed E-state index contributed by atoms with van der Waals surface area (Å²) in [6.45, 7) is 7.61. The van der Waals surface area contributed by atoms with Gasteiger partial charge in [0.1, 0.15) is 12.6 Å². The first-order valence-electron chi connectivity index (χ1n) is 13.1. The van der Waals surface area contributed by atoms with Crippen molar-refractivity contribution in [1.82, 2.24) is 10.2 Å². The Bertz CT molecular complexity index is 1430. The first-order chi connectivity index (χ1) is 19.0. The van der Waals surface area contributed by atoms with Gasteiger partial charge in [-0.2, -0.15) is 0 Å². The Labute approximate surface area is 247 Å². The number of carbonyl (C=O) groups is 2. The Morgan fingerprint density at radius 1 is 0.900 bits per heavy atom. The van der Waals surface area contributed by atoms with Crippen molar-refractivity contribution in [2.45, 2.75) is 58.0 Å². The van der Waals surface area contributed by atoms with Gasteiger partial charge >= 0.3 is 0 Å². The molecule has 1 N–H and O–H groups in total. The lowest BCUT2D eigenvalue weighted by Gasteiger charge is -2.33. The fourth-order valence-corrected chi connectivity index (χ4v) is 6.25. The molecule has 1 atom stereocenters. The number of sulfonamides is 1. The van der Waals surface area contributed by atoms with E-state index in [2.05, 4.69) is 5.32 Å². The molecule has 0 bridgehead atoms. The normalized spacial score (nSPS) is 12.1. The Morgan fingerprint density at radius 3 is 2.12 bits per heavy atom. The molecule has 7 nitrogen and oxygen atoms in total. The molecule has 10 heteroatoms. The zero-order chi connectivity index (χ0) is 29.4. The number of benzene rings is 3. The lowest BCUT2D eigenvalue weighted by atomic mass is 10.1. The van der Waals surface area contributed by atoms with E-state index in [0.29, 0.717) is 13.0 Å². The molecule has 3 aromatic rings. The molecule has 0 aliphatic rings. The van der Waals surface area contributed by atoms with Crippen LogP contribution in [-0.4, -0.2) is 44.3 Å². The predicted octanol–water partition coefficient (Wildman–Crippen LogP) is 6.14. The predicted molar refractivity (Wildman–Crippen MR) is 161 cm³/mol. The smallest absolute Gasteiger partial charge is 0.264 e. The van der Waals surface area contributed by atoms with Crippen LogP contribution < -0.4 is 9.62 Å². The van der Waals surface area contributed by atoms with E-state index in [1.807, 2.05) is 52.0 Å². The van der Waals surface area contributed by atoms with E-state index in [4.69, 9.17) is 23.2 Å². The number of aryl methyl sites for hydroxylation is 2. The maximum atomic E-state index is 14.1. The largest absolute Gasteiger partial charge is 0.354 e. The summed E-state index contributed by atoms with van der Waals surface area (Å²) >= 11 is 12.5. The molecule has 0 unspecified atom stereocenters. The van der Waals surface area contributed by atoms with E-state index >= 15 is 0 Å². The van der Waals surface area contributed by atoms with Crippen molar-refractivity contribution >= 4 is 50.7 Å². The van der Waals surface area contributed by atoms with Crippen LogP contribution in [0.1, 0.15) is 43.4 Å².